The number of hydrogen-bond donors (Lipinski definition) is 1. The lowest BCUT2D eigenvalue weighted by atomic mass is 9.99. The molecule has 2 rings (SSSR count). The Hall–Kier alpha value is -0.840. The second-order valence-electron chi connectivity index (χ2n) is 5.28. The highest BCUT2D eigenvalue weighted by atomic mass is 35.5. The average Bonchev–Trinajstić information content (AvgIpc) is 2.40. The molecule has 1 saturated heterocycles. The van der Waals surface area contributed by atoms with Crippen LogP contribution in [-0.2, 0) is 0 Å². The van der Waals surface area contributed by atoms with E-state index in [0.717, 1.165) is 25.6 Å². The number of likely N-dealkylation sites (tertiary alicyclic amines) is 1. The summed E-state index contributed by atoms with van der Waals surface area (Å²) in [6.07, 6.45) is 2.48. The van der Waals surface area contributed by atoms with Crippen LogP contribution >= 0.6 is 23.2 Å². The molecule has 6 heteroatoms. The van der Waals surface area contributed by atoms with Crippen LogP contribution in [0.25, 0.3) is 0 Å². The smallest absolute Gasteiger partial charge is 0.251 e. The Labute approximate surface area is 129 Å². The normalized spacial score (nSPS) is 17.1. The summed E-state index contributed by atoms with van der Waals surface area (Å²) in [5, 5.41) is 3.34. The lowest BCUT2D eigenvalue weighted by Gasteiger charge is -2.30. The summed E-state index contributed by atoms with van der Waals surface area (Å²) in [4.78, 5) is 18.2. The first kappa shape index (κ1) is 15.5. The Morgan fingerprint density at radius 3 is 2.55 bits per heavy atom. The van der Waals surface area contributed by atoms with Crippen LogP contribution in [-0.4, -0.2) is 42.0 Å². The molecule has 0 aliphatic carbocycles. The molecular formula is C14H19Cl2N3O. The van der Waals surface area contributed by atoms with E-state index in [4.69, 9.17) is 23.2 Å². The van der Waals surface area contributed by atoms with Crippen LogP contribution in [0.3, 0.4) is 0 Å². The number of amides is 1. The predicted octanol–water partition coefficient (Wildman–Crippen LogP) is 2.85. The zero-order chi connectivity index (χ0) is 14.5. The predicted molar refractivity (Wildman–Crippen MR) is 81.4 cm³/mol. The molecule has 20 heavy (non-hydrogen) atoms. The monoisotopic (exact) mass is 315 g/mol. The Morgan fingerprint density at radius 2 is 1.95 bits per heavy atom. The summed E-state index contributed by atoms with van der Waals surface area (Å²) in [6.45, 7) is 6.03. The van der Waals surface area contributed by atoms with Crippen LogP contribution in [0.15, 0.2) is 12.1 Å². The highest BCUT2D eigenvalue weighted by Gasteiger charge is 2.15. The molecule has 0 aromatic carbocycles. The van der Waals surface area contributed by atoms with Gasteiger partial charge in [-0.15, -0.1) is 0 Å². The number of nitrogens with one attached hydrogen (secondary N) is 1. The number of carbonyl (C=O) groups excluding carboxylic acids is 1. The van der Waals surface area contributed by atoms with Crippen molar-refractivity contribution in [1.29, 1.82) is 0 Å². The first-order chi connectivity index (χ1) is 9.54. The van der Waals surface area contributed by atoms with E-state index in [0.29, 0.717) is 12.1 Å². The highest BCUT2D eigenvalue weighted by Crippen LogP contribution is 2.16. The maximum absolute atomic E-state index is 12.0. The lowest BCUT2D eigenvalue weighted by Crippen LogP contribution is -2.39. The van der Waals surface area contributed by atoms with Crippen molar-refractivity contribution in [3.63, 3.8) is 0 Å². The molecule has 1 aromatic heterocycles. The van der Waals surface area contributed by atoms with Gasteiger partial charge in [-0.2, -0.15) is 0 Å². The molecule has 0 unspecified atom stereocenters. The standard InChI is InChI=1S/C14H19Cl2N3O/c1-10-2-5-19(6-3-10)7-4-17-14(20)11-8-12(15)18-13(16)9-11/h8-10H,2-7H2,1H3,(H,17,20). The Morgan fingerprint density at radius 1 is 1.35 bits per heavy atom. The number of rotatable bonds is 4. The minimum Gasteiger partial charge on any atom is -0.351 e. The molecule has 0 spiro atoms. The topological polar surface area (TPSA) is 45.2 Å². The van der Waals surface area contributed by atoms with Gasteiger partial charge in [-0.25, -0.2) is 4.98 Å². The molecule has 1 aromatic rings. The van der Waals surface area contributed by atoms with E-state index in [9.17, 15) is 4.79 Å². The second-order valence-corrected chi connectivity index (χ2v) is 6.06. The Balaban J connectivity index is 1.77. The summed E-state index contributed by atoms with van der Waals surface area (Å²) in [7, 11) is 0. The van der Waals surface area contributed by atoms with Crippen LogP contribution in [0.1, 0.15) is 30.1 Å². The van der Waals surface area contributed by atoms with Crippen LogP contribution < -0.4 is 5.32 Å². The Bertz CT molecular complexity index is 453. The highest BCUT2D eigenvalue weighted by molar-refractivity contribution is 6.33. The van der Waals surface area contributed by atoms with Gasteiger partial charge in [0.2, 0.25) is 0 Å². The minimum absolute atomic E-state index is 0.165. The molecule has 1 aliphatic heterocycles. The van der Waals surface area contributed by atoms with Crippen molar-refractivity contribution in [2.45, 2.75) is 19.8 Å². The number of aromatic nitrogens is 1. The van der Waals surface area contributed by atoms with E-state index in [1.54, 1.807) is 0 Å². The summed E-state index contributed by atoms with van der Waals surface area (Å²) < 4.78 is 0. The van der Waals surface area contributed by atoms with Gasteiger partial charge in [0.15, 0.2) is 0 Å². The van der Waals surface area contributed by atoms with Gasteiger partial charge in [-0.05, 0) is 44.0 Å². The van der Waals surface area contributed by atoms with E-state index in [1.807, 2.05) is 0 Å². The zero-order valence-corrected chi connectivity index (χ0v) is 13.0. The average molecular weight is 316 g/mol. The quantitative estimate of drug-likeness (QED) is 0.869. The number of nitrogens with zero attached hydrogens (tertiary/aromatic N) is 2. The van der Waals surface area contributed by atoms with E-state index < -0.39 is 0 Å². The molecule has 4 nitrogen and oxygen atoms in total. The van der Waals surface area contributed by atoms with Crippen LogP contribution in [0, 0.1) is 5.92 Å². The summed E-state index contributed by atoms with van der Waals surface area (Å²) in [6, 6.07) is 3.04. The van der Waals surface area contributed by atoms with Crippen molar-refractivity contribution in [3.8, 4) is 0 Å². The van der Waals surface area contributed by atoms with E-state index in [1.165, 1.54) is 25.0 Å². The molecule has 0 radical (unpaired) electrons. The molecule has 1 N–H and O–H groups in total. The van der Waals surface area contributed by atoms with Crippen molar-refractivity contribution >= 4 is 29.1 Å². The molecule has 1 amide bonds. The SMILES string of the molecule is CC1CCN(CCNC(=O)c2cc(Cl)nc(Cl)c2)CC1. The molecule has 2 heterocycles. The van der Waals surface area contributed by atoms with Gasteiger partial charge < -0.3 is 10.2 Å². The third kappa shape index (κ3) is 4.62. The first-order valence-electron chi connectivity index (χ1n) is 6.88. The van der Waals surface area contributed by atoms with Gasteiger partial charge in [0, 0.05) is 18.7 Å². The molecule has 1 aliphatic rings. The van der Waals surface area contributed by atoms with Crippen LogP contribution in [0.4, 0.5) is 0 Å². The molecule has 110 valence electrons. The van der Waals surface area contributed by atoms with Crippen molar-refractivity contribution in [2.75, 3.05) is 26.2 Å². The molecule has 1 fully saturated rings. The number of halogens is 2. The zero-order valence-electron chi connectivity index (χ0n) is 11.5. The molecular weight excluding hydrogens is 297 g/mol. The Kier molecular flexibility index (Phi) is 5.64. The summed E-state index contributed by atoms with van der Waals surface area (Å²) in [5.74, 6) is 0.656. The van der Waals surface area contributed by atoms with E-state index in [2.05, 4.69) is 22.1 Å². The van der Waals surface area contributed by atoms with Gasteiger partial charge in [-0.1, -0.05) is 30.1 Å². The first-order valence-corrected chi connectivity index (χ1v) is 7.64. The second kappa shape index (κ2) is 7.25. The van der Waals surface area contributed by atoms with E-state index in [-0.39, 0.29) is 16.2 Å². The van der Waals surface area contributed by atoms with Crippen molar-refractivity contribution in [1.82, 2.24) is 15.2 Å². The van der Waals surface area contributed by atoms with Crippen molar-refractivity contribution in [2.24, 2.45) is 5.92 Å². The lowest BCUT2D eigenvalue weighted by molar-refractivity contribution is 0.0944. The fraction of sp³-hybridized carbons (Fsp3) is 0.571. The fourth-order valence-electron chi connectivity index (χ4n) is 2.31. The largest absolute Gasteiger partial charge is 0.351 e. The fourth-order valence-corrected chi connectivity index (χ4v) is 2.77. The summed E-state index contributed by atoms with van der Waals surface area (Å²) >= 11 is 11.6. The van der Waals surface area contributed by atoms with Crippen molar-refractivity contribution < 1.29 is 4.79 Å². The minimum atomic E-state index is -0.165. The van der Waals surface area contributed by atoms with Gasteiger partial charge in [0.05, 0.1) is 0 Å². The van der Waals surface area contributed by atoms with Crippen LogP contribution in [0.5, 0.6) is 0 Å². The van der Waals surface area contributed by atoms with Crippen LogP contribution in [0.2, 0.25) is 10.3 Å². The molecule has 0 saturated carbocycles. The molecule has 0 atom stereocenters. The number of carbonyl (C=O) groups is 1. The van der Waals surface area contributed by atoms with Crippen molar-refractivity contribution in [3.05, 3.63) is 28.0 Å². The van der Waals surface area contributed by atoms with Gasteiger partial charge in [-0.3, -0.25) is 4.79 Å². The van der Waals surface area contributed by atoms with Gasteiger partial charge >= 0.3 is 0 Å². The third-order valence-electron chi connectivity index (χ3n) is 3.61. The van der Waals surface area contributed by atoms with Gasteiger partial charge in [0.1, 0.15) is 10.3 Å². The number of pyridine rings is 1. The van der Waals surface area contributed by atoms with Gasteiger partial charge in [0.25, 0.3) is 5.91 Å². The number of piperidine rings is 1. The molecule has 0 bridgehead atoms. The summed E-state index contributed by atoms with van der Waals surface area (Å²) in [5.41, 5.74) is 0.447. The maximum atomic E-state index is 12.0. The number of hydrogen-bond acceptors (Lipinski definition) is 3. The van der Waals surface area contributed by atoms with E-state index >= 15 is 0 Å². The maximum Gasteiger partial charge on any atom is 0.251 e. The third-order valence-corrected chi connectivity index (χ3v) is 4.00.